The molecule has 0 saturated carbocycles. The van der Waals surface area contributed by atoms with Gasteiger partial charge in [-0.3, -0.25) is 9.69 Å². The van der Waals surface area contributed by atoms with Crippen molar-refractivity contribution >= 4 is 23.2 Å². The van der Waals surface area contributed by atoms with E-state index < -0.39 is 5.54 Å². The van der Waals surface area contributed by atoms with E-state index in [-0.39, 0.29) is 11.8 Å². The van der Waals surface area contributed by atoms with Crippen molar-refractivity contribution in [3.05, 3.63) is 53.8 Å². The molecule has 1 amide bonds. The summed E-state index contributed by atoms with van der Waals surface area (Å²) in [6.45, 7) is 4.57. The van der Waals surface area contributed by atoms with E-state index in [9.17, 15) is 4.79 Å². The molecule has 1 fully saturated rings. The second kappa shape index (κ2) is 6.88. The maximum absolute atomic E-state index is 13.4. The van der Waals surface area contributed by atoms with Gasteiger partial charge in [0.25, 0.3) is 11.9 Å². The molecule has 2 aromatic rings. The largest absolute Gasteiger partial charge is 0.468 e. The molecule has 0 aliphatic carbocycles. The summed E-state index contributed by atoms with van der Waals surface area (Å²) in [6, 6.07) is 13.3. The highest BCUT2D eigenvalue weighted by Crippen LogP contribution is 2.38. The number of furan rings is 1. The molecule has 25 heavy (non-hydrogen) atoms. The molecule has 1 aromatic carbocycles. The minimum Gasteiger partial charge on any atom is -0.468 e. The number of nitrogens with one attached hydrogen (secondary N) is 1. The maximum Gasteiger partial charge on any atom is 0.284 e. The van der Waals surface area contributed by atoms with Crippen LogP contribution < -0.4 is 10.1 Å². The maximum atomic E-state index is 13.4. The van der Waals surface area contributed by atoms with Gasteiger partial charge >= 0.3 is 0 Å². The lowest BCUT2D eigenvalue weighted by molar-refractivity contribution is -0.133. The second-order valence-corrected chi connectivity index (χ2v) is 7.02. The number of ether oxygens (including phenoxy) is 1. The van der Waals surface area contributed by atoms with E-state index in [0.29, 0.717) is 29.8 Å². The average molecular weight is 358 g/mol. The molecule has 0 radical (unpaired) electrons. The Kier molecular flexibility index (Phi) is 4.81. The number of hydrogen-bond acceptors (Lipinski definition) is 4. The van der Waals surface area contributed by atoms with Gasteiger partial charge in [0.05, 0.1) is 13.7 Å². The number of carbonyl (C=O) groups excluding carboxylic acids is 1. The summed E-state index contributed by atoms with van der Waals surface area (Å²) in [5.74, 6) is 1.08. The third-order valence-electron chi connectivity index (χ3n) is 4.28. The zero-order valence-electron chi connectivity index (χ0n) is 14.6. The SMILES string of the molecule is COc1ccc([C@]2(CC(C)C)NC(=S)N(Cc3ccccc3)C2=O)o1. The predicted octanol–water partition coefficient (Wildman–Crippen LogP) is 3.45. The summed E-state index contributed by atoms with van der Waals surface area (Å²) < 4.78 is 10.9. The van der Waals surface area contributed by atoms with E-state index in [1.165, 1.54) is 7.11 Å². The van der Waals surface area contributed by atoms with Crippen LogP contribution in [0.2, 0.25) is 0 Å². The molecule has 0 spiro atoms. The highest BCUT2D eigenvalue weighted by molar-refractivity contribution is 7.80. The van der Waals surface area contributed by atoms with Crippen LogP contribution in [0, 0.1) is 5.92 Å². The number of amides is 1. The lowest BCUT2D eigenvalue weighted by Gasteiger charge is -2.26. The number of carbonyl (C=O) groups is 1. The fourth-order valence-electron chi connectivity index (χ4n) is 3.21. The summed E-state index contributed by atoms with van der Waals surface area (Å²) in [6.07, 6.45) is 0.577. The van der Waals surface area contributed by atoms with Gasteiger partial charge in [-0.25, -0.2) is 0 Å². The summed E-state index contributed by atoms with van der Waals surface area (Å²) >= 11 is 5.47. The van der Waals surface area contributed by atoms with E-state index in [2.05, 4.69) is 19.2 Å². The molecule has 1 saturated heterocycles. The molecule has 1 N–H and O–H groups in total. The Hall–Kier alpha value is -2.34. The Morgan fingerprint density at radius 1 is 1.24 bits per heavy atom. The number of rotatable bonds is 6. The van der Waals surface area contributed by atoms with Crippen molar-refractivity contribution in [2.24, 2.45) is 5.92 Å². The number of benzene rings is 1. The molecule has 1 atom stereocenters. The first-order chi connectivity index (χ1) is 12.0. The summed E-state index contributed by atoms with van der Waals surface area (Å²) in [7, 11) is 1.54. The third-order valence-corrected chi connectivity index (χ3v) is 4.60. The van der Waals surface area contributed by atoms with Gasteiger partial charge in [-0.2, -0.15) is 0 Å². The zero-order chi connectivity index (χ0) is 18.0. The molecule has 5 nitrogen and oxygen atoms in total. The molecule has 3 rings (SSSR count). The second-order valence-electron chi connectivity index (χ2n) is 6.63. The van der Waals surface area contributed by atoms with E-state index >= 15 is 0 Å². The van der Waals surface area contributed by atoms with Crippen molar-refractivity contribution in [1.29, 1.82) is 0 Å². The molecular formula is C19H22N2O3S. The number of methoxy groups -OCH3 is 1. The Bertz CT molecular complexity index is 772. The van der Waals surface area contributed by atoms with Gasteiger partial charge in [0.1, 0.15) is 5.76 Å². The third kappa shape index (κ3) is 3.26. The van der Waals surface area contributed by atoms with Crippen LogP contribution in [0.5, 0.6) is 5.95 Å². The first-order valence-corrected chi connectivity index (χ1v) is 8.69. The van der Waals surface area contributed by atoms with Crippen LogP contribution >= 0.6 is 12.2 Å². The topological polar surface area (TPSA) is 54.7 Å². The molecule has 6 heteroatoms. The highest BCUT2D eigenvalue weighted by Gasteiger charge is 2.53. The summed E-state index contributed by atoms with van der Waals surface area (Å²) in [5, 5.41) is 3.65. The van der Waals surface area contributed by atoms with Gasteiger partial charge in [-0.15, -0.1) is 0 Å². The first kappa shape index (κ1) is 17.5. The zero-order valence-corrected chi connectivity index (χ0v) is 15.4. The van der Waals surface area contributed by atoms with Crippen LogP contribution in [0.4, 0.5) is 0 Å². The normalized spacial score (nSPS) is 20.2. The van der Waals surface area contributed by atoms with Gasteiger partial charge < -0.3 is 14.5 Å². The first-order valence-electron chi connectivity index (χ1n) is 8.28. The van der Waals surface area contributed by atoms with Gasteiger partial charge in [0.2, 0.25) is 0 Å². The Balaban J connectivity index is 1.96. The fourth-order valence-corrected chi connectivity index (χ4v) is 3.53. The average Bonchev–Trinajstić information content (AvgIpc) is 3.15. The van der Waals surface area contributed by atoms with Crippen molar-refractivity contribution in [3.8, 4) is 5.95 Å². The van der Waals surface area contributed by atoms with Crippen LogP contribution in [0.15, 0.2) is 46.9 Å². The standard InChI is InChI=1S/C19H22N2O3S/c1-13(2)11-19(15-9-10-16(23-3)24-15)17(22)21(18(25)20-19)12-14-7-5-4-6-8-14/h4-10,13H,11-12H2,1-3H3,(H,20,25)/t19-/m0/s1. The van der Waals surface area contributed by atoms with Gasteiger partial charge in [-0.1, -0.05) is 44.2 Å². The molecule has 1 aliphatic rings. The number of nitrogens with zero attached hydrogens (tertiary/aromatic N) is 1. The fraction of sp³-hybridized carbons (Fsp3) is 0.368. The van der Waals surface area contributed by atoms with Crippen molar-refractivity contribution in [2.45, 2.75) is 32.4 Å². The Morgan fingerprint density at radius 2 is 1.96 bits per heavy atom. The molecule has 1 aliphatic heterocycles. The molecule has 1 aromatic heterocycles. The summed E-state index contributed by atoms with van der Waals surface area (Å²) in [4.78, 5) is 15.0. The van der Waals surface area contributed by atoms with E-state index in [4.69, 9.17) is 21.4 Å². The minimum absolute atomic E-state index is 0.0907. The highest BCUT2D eigenvalue weighted by atomic mass is 32.1. The van der Waals surface area contributed by atoms with E-state index in [1.54, 1.807) is 17.0 Å². The van der Waals surface area contributed by atoms with Crippen molar-refractivity contribution in [3.63, 3.8) is 0 Å². The van der Waals surface area contributed by atoms with Gasteiger partial charge in [0, 0.05) is 6.07 Å². The van der Waals surface area contributed by atoms with Crippen molar-refractivity contribution in [2.75, 3.05) is 7.11 Å². The Morgan fingerprint density at radius 3 is 2.56 bits per heavy atom. The molecule has 0 bridgehead atoms. The van der Waals surface area contributed by atoms with Crippen LogP contribution in [-0.4, -0.2) is 23.0 Å². The molecule has 132 valence electrons. The van der Waals surface area contributed by atoms with Crippen LogP contribution in [0.3, 0.4) is 0 Å². The predicted molar refractivity (Wildman–Crippen MR) is 99.1 cm³/mol. The summed E-state index contributed by atoms with van der Waals surface area (Å²) in [5.41, 5.74) is 0.0361. The minimum atomic E-state index is -0.989. The van der Waals surface area contributed by atoms with Crippen molar-refractivity contribution < 1.29 is 13.9 Å². The molecule has 0 unspecified atom stereocenters. The quantitative estimate of drug-likeness (QED) is 0.802. The monoisotopic (exact) mass is 358 g/mol. The van der Waals surface area contributed by atoms with Crippen molar-refractivity contribution in [1.82, 2.24) is 10.2 Å². The smallest absolute Gasteiger partial charge is 0.284 e. The van der Waals surface area contributed by atoms with E-state index in [1.807, 2.05) is 30.3 Å². The molecular weight excluding hydrogens is 336 g/mol. The Labute approximate surface area is 153 Å². The van der Waals surface area contributed by atoms with Gasteiger partial charge in [-0.05, 0) is 36.2 Å². The van der Waals surface area contributed by atoms with Gasteiger partial charge in [0.15, 0.2) is 10.7 Å². The van der Waals surface area contributed by atoms with E-state index in [0.717, 1.165) is 5.56 Å². The van der Waals surface area contributed by atoms with Crippen LogP contribution in [-0.2, 0) is 16.9 Å². The van der Waals surface area contributed by atoms with Crippen LogP contribution in [0.25, 0.3) is 0 Å². The number of hydrogen-bond donors (Lipinski definition) is 1. The molecule has 2 heterocycles. The number of thiocarbonyl (C=S) groups is 1. The lowest BCUT2D eigenvalue weighted by atomic mass is 9.86. The van der Waals surface area contributed by atoms with Crippen LogP contribution in [0.1, 0.15) is 31.6 Å². The lowest BCUT2D eigenvalue weighted by Crippen LogP contribution is -2.44.